The average molecular weight is 222 g/mol. The van der Waals surface area contributed by atoms with Crippen molar-refractivity contribution in [2.45, 2.75) is 26.7 Å². The van der Waals surface area contributed by atoms with Gasteiger partial charge in [-0.05, 0) is 25.0 Å². The summed E-state index contributed by atoms with van der Waals surface area (Å²) in [4.78, 5) is 16.0. The average Bonchev–Trinajstić information content (AvgIpc) is 2.28. The summed E-state index contributed by atoms with van der Waals surface area (Å²) in [5, 5.41) is 2.74. The first-order valence-corrected chi connectivity index (χ1v) is 5.35. The molecule has 0 aliphatic carbocycles. The summed E-state index contributed by atoms with van der Waals surface area (Å²) in [6.07, 6.45) is 0. The van der Waals surface area contributed by atoms with E-state index in [9.17, 15) is 4.79 Å². The Morgan fingerprint density at radius 3 is 2.69 bits per heavy atom. The predicted molar refractivity (Wildman–Crippen MR) is 64.1 cm³/mol. The molecular formula is C11H18N4O. The second kappa shape index (κ2) is 5.46. The molecule has 0 unspecified atom stereocenters. The van der Waals surface area contributed by atoms with Crippen LogP contribution in [-0.2, 0) is 0 Å². The normalized spacial score (nSPS) is 10.3. The summed E-state index contributed by atoms with van der Waals surface area (Å²) in [5.41, 5.74) is 3.89. The molecule has 1 aromatic heterocycles. The third-order valence-electron chi connectivity index (χ3n) is 2.18. The highest BCUT2D eigenvalue weighted by molar-refractivity contribution is 5.94. The summed E-state index contributed by atoms with van der Waals surface area (Å²) in [6, 6.07) is 3.42. The van der Waals surface area contributed by atoms with Gasteiger partial charge < -0.3 is 10.7 Å². The van der Waals surface area contributed by atoms with Crippen LogP contribution in [0.2, 0.25) is 0 Å². The quantitative estimate of drug-likeness (QED) is 0.529. The van der Waals surface area contributed by atoms with Gasteiger partial charge in [-0.3, -0.25) is 4.79 Å². The minimum atomic E-state index is -0.108. The molecule has 5 heteroatoms. The molecule has 1 amide bonds. The molecule has 0 aromatic carbocycles. The number of hydrazine groups is 1. The second-order valence-corrected chi connectivity index (χ2v) is 3.82. The maximum Gasteiger partial charge on any atom is 0.251 e. The lowest BCUT2D eigenvalue weighted by molar-refractivity contribution is 0.0955. The van der Waals surface area contributed by atoms with Crippen molar-refractivity contribution in [1.29, 1.82) is 0 Å². The van der Waals surface area contributed by atoms with Gasteiger partial charge in [-0.2, -0.15) is 0 Å². The van der Waals surface area contributed by atoms with Crippen LogP contribution in [0.5, 0.6) is 0 Å². The first kappa shape index (κ1) is 12.4. The smallest absolute Gasteiger partial charge is 0.251 e. The number of pyridine rings is 1. The lowest BCUT2D eigenvalue weighted by Gasteiger charge is -2.10. The summed E-state index contributed by atoms with van der Waals surface area (Å²) in [6.45, 7) is 6.52. The van der Waals surface area contributed by atoms with Crippen molar-refractivity contribution in [3.63, 3.8) is 0 Å². The van der Waals surface area contributed by atoms with Crippen LogP contribution in [0.15, 0.2) is 12.1 Å². The highest BCUT2D eigenvalue weighted by Crippen LogP contribution is 2.17. The van der Waals surface area contributed by atoms with Gasteiger partial charge in [0.15, 0.2) is 0 Å². The largest absolute Gasteiger partial charge is 0.352 e. The van der Waals surface area contributed by atoms with Crippen LogP contribution in [-0.4, -0.2) is 17.4 Å². The zero-order chi connectivity index (χ0) is 12.1. The van der Waals surface area contributed by atoms with E-state index in [-0.39, 0.29) is 11.8 Å². The molecule has 5 nitrogen and oxygen atoms in total. The Hall–Kier alpha value is -1.62. The van der Waals surface area contributed by atoms with Gasteiger partial charge in [-0.1, -0.05) is 13.8 Å². The van der Waals surface area contributed by atoms with Gasteiger partial charge in [0.05, 0.1) is 0 Å². The Labute approximate surface area is 95.4 Å². The van der Waals surface area contributed by atoms with E-state index >= 15 is 0 Å². The molecule has 16 heavy (non-hydrogen) atoms. The van der Waals surface area contributed by atoms with Crippen molar-refractivity contribution in [3.8, 4) is 0 Å². The fourth-order valence-electron chi connectivity index (χ4n) is 1.32. The number of hydrogen-bond acceptors (Lipinski definition) is 4. The molecular weight excluding hydrogens is 204 g/mol. The molecule has 4 N–H and O–H groups in total. The number of anilines is 1. The Balaban J connectivity index is 3.08. The Kier molecular flexibility index (Phi) is 4.25. The number of carbonyl (C=O) groups excluding carboxylic acids is 1. The first-order chi connectivity index (χ1) is 7.58. The maximum absolute atomic E-state index is 11.7. The lowest BCUT2D eigenvalue weighted by Crippen LogP contribution is -2.23. The number of nitrogens with one attached hydrogen (secondary N) is 2. The minimum Gasteiger partial charge on any atom is -0.352 e. The molecule has 0 saturated carbocycles. The van der Waals surface area contributed by atoms with Gasteiger partial charge in [0.1, 0.15) is 5.82 Å². The molecule has 1 aromatic rings. The maximum atomic E-state index is 11.7. The highest BCUT2D eigenvalue weighted by Gasteiger charge is 2.10. The van der Waals surface area contributed by atoms with Gasteiger partial charge in [-0.25, -0.2) is 10.8 Å². The fourth-order valence-corrected chi connectivity index (χ4v) is 1.32. The number of nitrogens with two attached hydrogens (primary N) is 1. The molecule has 1 rings (SSSR count). The zero-order valence-electron chi connectivity index (χ0n) is 9.87. The Bertz CT molecular complexity index is 376. The second-order valence-electron chi connectivity index (χ2n) is 3.82. The van der Waals surface area contributed by atoms with E-state index in [0.717, 1.165) is 5.69 Å². The molecule has 0 spiro atoms. The van der Waals surface area contributed by atoms with Gasteiger partial charge in [-0.15, -0.1) is 0 Å². The lowest BCUT2D eigenvalue weighted by atomic mass is 10.1. The van der Waals surface area contributed by atoms with E-state index in [2.05, 4.69) is 15.7 Å². The van der Waals surface area contributed by atoms with Crippen LogP contribution in [0.4, 0.5) is 5.82 Å². The standard InChI is InChI=1S/C11H18N4O/c1-4-13-11(16)8-5-9(7(2)3)14-10(6-8)15-12/h5-7H,4,12H2,1-3H3,(H,13,16)(H,14,15). The molecule has 0 saturated heterocycles. The number of carbonyl (C=O) groups is 1. The van der Waals surface area contributed by atoms with Crippen LogP contribution in [0, 0.1) is 0 Å². The summed E-state index contributed by atoms with van der Waals surface area (Å²) >= 11 is 0. The van der Waals surface area contributed by atoms with Crippen molar-refractivity contribution in [1.82, 2.24) is 10.3 Å². The number of nitrogens with zero attached hydrogens (tertiary/aromatic N) is 1. The number of nitrogen functional groups attached to an aromatic ring is 1. The summed E-state index contributed by atoms with van der Waals surface area (Å²) in [5.74, 6) is 5.97. The summed E-state index contributed by atoms with van der Waals surface area (Å²) in [7, 11) is 0. The Morgan fingerprint density at radius 1 is 1.50 bits per heavy atom. The van der Waals surface area contributed by atoms with Crippen LogP contribution < -0.4 is 16.6 Å². The number of amides is 1. The third-order valence-corrected chi connectivity index (χ3v) is 2.18. The molecule has 0 fully saturated rings. The molecule has 1 heterocycles. The number of rotatable bonds is 4. The number of hydrogen-bond donors (Lipinski definition) is 3. The van der Waals surface area contributed by atoms with E-state index in [0.29, 0.717) is 17.9 Å². The van der Waals surface area contributed by atoms with E-state index in [1.165, 1.54) is 0 Å². The van der Waals surface area contributed by atoms with E-state index < -0.39 is 0 Å². The molecule has 0 aliphatic rings. The highest BCUT2D eigenvalue weighted by atomic mass is 16.1. The summed E-state index contributed by atoms with van der Waals surface area (Å²) < 4.78 is 0. The zero-order valence-corrected chi connectivity index (χ0v) is 9.87. The minimum absolute atomic E-state index is 0.108. The predicted octanol–water partition coefficient (Wildman–Crippen LogP) is 1.24. The molecule has 0 radical (unpaired) electrons. The van der Waals surface area contributed by atoms with Crippen molar-refractivity contribution in [2.75, 3.05) is 12.0 Å². The van der Waals surface area contributed by atoms with Gasteiger partial charge in [0.25, 0.3) is 5.91 Å². The van der Waals surface area contributed by atoms with E-state index in [1.807, 2.05) is 20.8 Å². The molecule has 0 aliphatic heterocycles. The van der Waals surface area contributed by atoms with Gasteiger partial charge in [0.2, 0.25) is 0 Å². The Morgan fingerprint density at radius 2 is 2.19 bits per heavy atom. The topological polar surface area (TPSA) is 80.0 Å². The van der Waals surface area contributed by atoms with Crippen LogP contribution in [0.3, 0.4) is 0 Å². The fraction of sp³-hybridized carbons (Fsp3) is 0.455. The monoisotopic (exact) mass is 222 g/mol. The van der Waals surface area contributed by atoms with Crippen molar-refractivity contribution >= 4 is 11.7 Å². The van der Waals surface area contributed by atoms with Crippen LogP contribution in [0.1, 0.15) is 42.7 Å². The van der Waals surface area contributed by atoms with Gasteiger partial charge in [0, 0.05) is 17.8 Å². The SMILES string of the molecule is CCNC(=O)c1cc(NN)nc(C(C)C)c1. The van der Waals surface area contributed by atoms with Crippen molar-refractivity contribution < 1.29 is 4.79 Å². The van der Waals surface area contributed by atoms with Crippen LogP contribution in [0.25, 0.3) is 0 Å². The number of aromatic nitrogens is 1. The molecule has 0 atom stereocenters. The van der Waals surface area contributed by atoms with Crippen molar-refractivity contribution in [2.24, 2.45) is 5.84 Å². The first-order valence-electron chi connectivity index (χ1n) is 5.35. The van der Waals surface area contributed by atoms with E-state index in [4.69, 9.17) is 5.84 Å². The van der Waals surface area contributed by atoms with Crippen molar-refractivity contribution in [3.05, 3.63) is 23.4 Å². The third kappa shape index (κ3) is 2.93. The van der Waals surface area contributed by atoms with Crippen LogP contribution >= 0.6 is 0 Å². The molecule has 0 bridgehead atoms. The molecule has 88 valence electrons. The van der Waals surface area contributed by atoms with Gasteiger partial charge >= 0.3 is 0 Å². The van der Waals surface area contributed by atoms with E-state index in [1.54, 1.807) is 12.1 Å².